The summed E-state index contributed by atoms with van der Waals surface area (Å²) in [6, 6.07) is 13.0. The maximum Gasteiger partial charge on any atom is 0.335 e. The molecule has 5 heteroatoms. The molecular weight excluding hydrogens is 258 g/mol. The van der Waals surface area contributed by atoms with Crippen LogP contribution in [0.1, 0.15) is 26.3 Å². The molecule has 2 aromatic rings. The van der Waals surface area contributed by atoms with Gasteiger partial charge in [-0.2, -0.15) is 0 Å². The summed E-state index contributed by atoms with van der Waals surface area (Å²) in [5.74, 6) is -1.93. The first-order valence-corrected chi connectivity index (χ1v) is 5.96. The first-order valence-electron chi connectivity index (χ1n) is 5.96. The van der Waals surface area contributed by atoms with Crippen LogP contribution in [0.4, 0.5) is 5.69 Å². The maximum atomic E-state index is 10.9. The van der Waals surface area contributed by atoms with E-state index < -0.39 is 11.9 Å². The van der Waals surface area contributed by atoms with E-state index in [9.17, 15) is 9.59 Å². The second-order valence-electron chi connectivity index (χ2n) is 4.24. The van der Waals surface area contributed by atoms with Crippen LogP contribution >= 0.6 is 0 Å². The lowest BCUT2D eigenvalue weighted by molar-refractivity contribution is 0.0686. The van der Waals surface area contributed by atoms with Crippen molar-refractivity contribution in [3.63, 3.8) is 0 Å². The van der Waals surface area contributed by atoms with Crippen LogP contribution in [-0.2, 0) is 6.54 Å². The summed E-state index contributed by atoms with van der Waals surface area (Å²) in [5, 5.41) is 20.8. The van der Waals surface area contributed by atoms with E-state index in [1.165, 1.54) is 18.2 Å². The van der Waals surface area contributed by atoms with Crippen molar-refractivity contribution < 1.29 is 19.8 Å². The molecule has 0 saturated heterocycles. The highest BCUT2D eigenvalue weighted by Gasteiger charge is 2.04. The topological polar surface area (TPSA) is 86.6 Å². The smallest absolute Gasteiger partial charge is 0.335 e. The third-order valence-electron chi connectivity index (χ3n) is 2.80. The molecule has 0 spiro atoms. The standard InChI is InChI=1S/C15H13NO4/c17-14(18)11-4-6-13(7-5-11)16-9-10-2-1-3-12(8-10)15(19)20/h1-8,16H,9H2,(H,17,18)(H,19,20). The molecule has 0 saturated carbocycles. The second-order valence-corrected chi connectivity index (χ2v) is 4.24. The summed E-state index contributed by atoms with van der Waals surface area (Å²) in [4.78, 5) is 21.6. The van der Waals surface area contributed by atoms with Crippen LogP contribution in [0.25, 0.3) is 0 Å². The number of carboxylic acids is 2. The van der Waals surface area contributed by atoms with Gasteiger partial charge in [-0.3, -0.25) is 0 Å². The highest BCUT2D eigenvalue weighted by atomic mass is 16.4. The van der Waals surface area contributed by atoms with Gasteiger partial charge in [-0.25, -0.2) is 9.59 Å². The molecule has 0 atom stereocenters. The summed E-state index contributed by atoms with van der Waals surface area (Å²) in [6.07, 6.45) is 0. The number of carboxylic acid groups (broad SMARTS) is 2. The molecule has 0 fully saturated rings. The molecule has 0 aromatic heterocycles. The molecule has 2 aromatic carbocycles. The molecule has 102 valence electrons. The minimum atomic E-state index is -0.967. The zero-order valence-electron chi connectivity index (χ0n) is 10.5. The van der Waals surface area contributed by atoms with Crippen molar-refractivity contribution in [1.82, 2.24) is 0 Å². The third kappa shape index (κ3) is 3.35. The van der Waals surface area contributed by atoms with E-state index in [0.717, 1.165) is 11.3 Å². The number of benzene rings is 2. The number of hydrogen-bond donors (Lipinski definition) is 3. The Hall–Kier alpha value is -2.82. The Bertz CT molecular complexity index is 635. The van der Waals surface area contributed by atoms with Gasteiger partial charge in [0.25, 0.3) is 0 Å². The quantitative estimate of drug-likeness (QED) is 0.778. The van der Waals surface area contributed by atoms with Crippen LogP contribution in [0.15, 0.2) is 48.5 Å². The van der Waals surface area contributed by atoms with Gasteiger partial charge in [0.05, 0.1) is 11.1 Å². The van der Waals surface area contributed by atoms with Crippen molar-refractivity contribution in [1.29, 1.82) is 0 Å². The van der Waals surface area contributed by atoms with Crippen molar-refractivity contribution >= 4 is 17.6 Å². The average Bonchev–Trinajstić information content (AvgIpc) is 2.46. The molecule has 0 aliphatic heterocycles. The zero-order valence-corrected chi connectivity index (χ0v) is 10.5. The maximum absolute atomic E-state index is 10.9. The predicted molar refractivity (Wildman–Crippen MR) is 74.1 cm³/mol. The number of anilines is 1. The van der Waals surface area contributed by atoms with Crippen molar-refractivity contribution in [2.45, 2.75) is 6.54 Å². The van der Waals surface area contributed by atoms with Gasteiger partial charge in [-0.15, -0.1) is 0 Å². The molecule has 0 unspecified atom stereocenters. The van der Waals surface area contributed by atoms with Crippen LogP contribution < -0.4 is 5.32 Å². The molecule has 0 heterocycles. The van der Waals surface area contributed by atoms with E-state index >= 15 is 0 Å². The minimum absolute atomic E-state index is 0.225. The Labute approximate surface area is 115 Å². The summed E-state index contributed by atoms with van der Waals surface area (Å²) in [7, 11) is 0. The first-order chi connectivity index (χ1) is 9.56. The molecule has 20 heavy (non-hydrogen) atoms. The first kappa shape index (κ1) is 13.6. The summed E-state index contributed by atoms with van der Waals surface area (Å²) in [5.41, 5.74) is 2.08. The van der Waals surface area contributed by atoms with Gasteiger partial charge in [-0.1, -0.05) is 12.1 Å². The van der Waals surface area contributed by atoms with E-state index in [-0.39, 0.29) is 11.1 Å². The monoisotopic (exact) mass is 271 g/mol. The van der Waals surface area contributed by atoms with Crippen LogP contribution in [0, 0.1) is 0 Å². The number of aromatic carboxylic acids is 2. The lowest BCUT2D eigenvalue weighted by Crippen LogP contribution is -2.03. The normalized spacial score (nSPS) is 10.0. The van der Waals surface area contributed by atoms with E-state index in [1.807, 2.05) is 6.07 Å². The lowest BCUT2D eigenvalue weighted by atomic mass is 10.1. The zero-order chi connectivity index (χ0) is 14.5. The molecule has 0 aliphatic rings. The summed E-state index contributed by atoms with van der Waals surface area (Å²) >= 11 is 0. The summed E-state index contributed by atoms with van der Waals surface area (Å²) in [6.45, 7) is 0.466. The van der Waals surface area contributed by atoms with Gasteiger partial charge in [-0.05, 0) is 42.0 Å². The molecule has 0 amide bonds. The predicted octanol–water partition coefficient (Wildman–Crippen LogP) is 2.70. The van der Waals surface area contributed by atoms with Crippen LogP contribution in [0.2, 0.25) is 0 Å². The molecule has 0 aliphatic carbocycles. The Morgan fingerprint density at radius 3 is 2.15 bits per heavy atom. The van der Waals surface area contributed by atoms with E-state index in [1.54, 1.807) is 24.3 Å². The van der Waals surface area contributed by atoms with Crippen molar-refractivity contribution in [2.75, 3.05) is 5.32 Å². The fourth-order valence-corrected chi connectivity index (χ4v) is 1.75. The van der Waals surface area contributed by atoms with Gasteiger partial charge in [0.2, 0.25) is 0 Å². The van der Waals surface area contributed by atoms with Gasteiger partial charge >= 0.3 is 11.9 Å². The minimum Gasteiger partial charge on any atom is -0.478 e. The molecular formula is C15H13NO4. The molecule has 0 bridgehead atoms. The average molecular weight is 271 g/mol. The van der Waals surface area contributed by atoms with Gasteiger partial charge in [0.1, 0.15) is 0 Å². The van der Waals surface area contributed by atoms with Gasteiger partial charge in [0, 0.05) is 12.2 Å². The second kappa shape index (κ2) is 5.88. The Morgan fingerprint density at radius 2 is 1.55 bits per heavy atom. The highest BCUT2D eigenvalue weighted by Crippen LogP contribution is 2.12. The molecule has 3 N–H and O–H groups in total. The van der Waals surface area contributed by atoms with Crippen molar-refractivity contribution in [3.8, 4) is 0 Å². The Kier molecular flexibility index (Phi) is 4.00. The number of nitrogens with one attached hydrogen (secondary N) is 1. The Morgan fingerprint density at radius 1 is 0.900 bits per heavy atom. The summed E-state index contributed by atoms with van der Waals surface area (Å²) < 4.78 is 0. The number of rotatable bonds is 5. The fraction of sp³-hybridized carbons (Fsp3) is 0.0667. The van der Waals surface area contributed by atoms with E-state index in [2.05, 4.69) is 5.32 Å². The van der Waals surface area contributed by atoms with Crippen LogP contribution in [-0.4, -0.2) is 22.2 Å². The Balaban J connectivity index is 2.03. The highest BCUT2D eigenvalue weighted by molar-refractivity contribution is 5.88. The van der Waals surface area contributed by atoms with Crippen molar-refractivity contribution in [2.24, 2.45) is 0 Å². The number of hydrogen-bond acceptors (Lipinski definition) is 3. The molecule has 5 nitrogen and oxygen atoms in total. The third-order valence-corrected chi connectivity index (χ3v) is 2.80. The van der Waals surface area contributed by atoms with Crippen LogP contribution in [0.5, 0.6) is 0 Å². The largest absolute Gasteiger partial charge is 0.478 e. The molecule has 0 radical (unpaired) electrons. The SMILES string of the molecule is O=C(O)c1ccc(NCc2cccc(C(=O)O)c2)cc1. The van der Waals surface area contributed by atoms with E-state index in [0.29, 0.717) is 6.54 Å². The number of carbonyl (C=O) groups is 2. The van der Waals surface area contributed by atoms with Gasteiger partial charge < -0.3 is 15.5 Å². The lowest BCUT2D eigenvalue weighted by Gasteiger charge is -2.07. The van der Waals surface area contributed by atoms with E-state index in [4.69, 9.17) is 10.2 Å². The van der Waals surface area contributed by atoms with Crippen molar-refractivity contribution in [3.05, 3.63) is 65.2 Å². The van der Waals surface area contributed by atoms with Crippen LogP contribution in [0.3, 0.4) is 0 Å². The molecule has 2 rings (SSSR count). The fourth-order valence-electron chi connectivity index (χ4n) is 1.75. The van der Waals surface area contributed by atoms with Gasteiger partial charge in [0.15, 0.2) is 0 Å².